The molecule has 0 radical (unpaired) electrons. The van der Waals surface area contributed by atoms with Gasteiger partial charge in [-0.25, -0.2) is 4.79 Å². The minimum absolute atomic E-state index is 0.419. The van der Waals surface area contributed by atoms with Gasteiger partial charge in [-0.2, -0.15) is 0 Å². The molecule has 0 bridgehead atoms. The molecule has 0 aliphatic heterocycles. The molecule has 2 unspecified atom stereocenters. The molecule has 0 saturated heterocycles. The van der Waals surface area contributed by atoms with E-state index in [2.05, 4.69) is 5.32 Å². The van der Waals surface area contributed by atoms with E-state index in [9.17, 15) is 9.59 Å². The summed E-state index contributed by atoms with van der Waals surface area (Å²) in [5, 5.41) is 10.8. The van der Waals surface area contributed by atoms with Crippen LogP contribution in [0.25, 0.3) is 0 Å². The van der Waals surface area contributed by atoms with Crippen LogP contribution in [0.3, 0.4) is 0 Å². The van der Waals surface area contributed by atoms with Crippen molar-refractivity contribution >= 4 is 12.1 Å². The van der Waals surface area contributed by atoms with Crippen LogP contribution in [0.1, 0.15) is 25.5 Å². The van der Waals surface area contributed by atoms with Gasteiger partial charge in [-0.3, -0.25) is 4.79 Å². The first-order valence-electron chi connectivity index (χ1n) is 5.25. The molecule has 2 atom stereocenters. The highest BCUT2D eigenvalue weighted by Crippen LogP contribution is 2.15. The molecule has 0 heterocycles. The third-order valence-electron chi connectivity index (χ3n) is 2.26. The number of ether oxygens (including phenoxy) is 1. The fourth-order valence-electron chi connectivity index (χ4n) is 1.23. The van der Waals surface area contributed by atoms with Crippen LogP contribution in [0.5, 0.6) is 0 Å². The fourth-order valence-corrected chi connectivity index (χ4v) is 1.23. The van der Waals surface area contributed by atoms with E-state index in [1.54, 1.807) is 6.92 Å². The second-order valence-corrected chi connectivity index (χ2v) is 3.66. The Balaban J connectivity index is 2.49. The molecular formula is C12H15NO4. The van der Waals surface area contributed by atoms with E-state index in [4.69, 9.17) is 9.84 Å². The summed E-state index contributed by atoms with van der Waals surface area (Å²) in [6.07, 6.45) is -1.16. The Morgan fingerprint density at radius 1 is 1.24 bits per heavy atom. The van der Waals surface area contributed by atoms with E-state index in [-0.39, 0.29) is 0 Å². The first-order valence-corrected chi connectivity index (χ1v) is 5.25. The number of nitrogens with one attached hydrogen (secondary N) is 1. The number of aliphatic carboxylic acids is 1. The molecule has 92 valence electrons. The number of amides is 1. The molecule has 1 aromatic carbocycles. The Morgan fingerprint density at radius 2 is 1.82 bits per heavy atom. The molecule has 0 aromatic heterocycles. The van der Waals surface area contributed by atoms with Crippen molar-refractivity contribution in [2.45, 2.75) is 26.0 Å². The highest BCUT2D eigenvalue weighted by atomic mass is 16.6. The van der Waals surface area contributed by atoms with Gasteiger partial charge in [0, 0.05) is 0 Å². The summed E-state index contributed by atoms with van der Waals surface area (Å²) in [6, 6.07) is 8.24. The van der Waals surface area contributed by atoms with Gasteiger partial charge in [0.25, 0.3) is 0 Å². The number of benzene rings is 1. The summed E-state index contributed by atoms with van der Waals surface area (Å²) < 4.78 is 5.04. The summed E-state index contributed by atoms with van der Waals surface area (Å²) in [5.41, 5.74) is 0.852. The van der Waals surface area contributed by atoms with Gasteiger partial charge >= 0.3 is 12.1 Å². The highest BCUT2D eigenvalue weighted by Gasteiger charge is 2.17. The van der Waals surface area contributed by atoms with Crippen molar-refractivity contribution < 1.29 is 19.4 Å². The van der Waals surface area contributed by atoms with Gasteiger partial charge in [-0.05, 0) is 19.4 Å². The normalized spacial score (nSPS) is 13.5. The van der Waals surface area contributed by atoms with Crippen molar-refractivity contribution in [2.75, 3.05) is 0 Å². The molecule has 1 rings (SSSR count). The van der Waals surface area contributed by atoms with E-state index in [1.807, 2.05) is 30.3 Å². The van der Waals surface area contributed by atoms with Gasteiger partial charge in [0.1, 0.15) is 12.1 Å². The number of hydrogen-bond donors (Lipinski definition) is 2. The molecule has 0 fully saturated rings. The van der Waals surface area contributed by atoms with Crippen LogP contribution in [0.2, 0.25) is 0 Å². The van der Waals surface area contributed by atoms with Gasteiger partial charge in [-0.1, -0.05) is 30.3 Å². The minimum Gasteiger partial charge on any atom is -0.480 e. The SMILES string of the molecule is CC(NC(=O)OC(C)c1ccccc1)C(=O)O. The number of carboxylic acid groups (broad SMARTS) is 1. The van der Waals surface area contributed by atoms with Crippen molar-refractivity contribution in [3.8, 4) is 0 Å². The van der Waals surface area contributed by atoms with Crippen molar-refractivity contribution in [3.63, 3.8) is 0 Å². The first-order chi connectivity index (χ1) is 8.00. The standard InChI is InChI=1S/C12H15NO4/c1-8(11(14)15)13-12(16)17-9(2)10-6-4-3-5-7-10/h3-9H,1-2H3,(H,13,16)(H,14,15). The summed E-state index contributed by atoms with van der Waals surface area (Å²) in [6.45, 7) is 3.09. The van der Waals surface area contributed by atoms with E-state index in [0.717, 1.165) is 5.56 Å². The second-order valence-electron chi connectivity index (χ2n) is 3.66. The molecule has 5 nitrogen and oxygen atoms in total. The lowest BCUT2D eigenvalue weighted by molar-refractivity contribution is -0.138. The summed E-state index contributed by atoms with van der Waals surface area (Å²) in [5.74, 6) is -1.10. The van der Waals surface area contributed by atoms with Gasteiger partial charge < -0.3 is 15.2 Å². The number of carbonyl (C=O) groups is 2. The Labute approximate surface area is 99.4 Å². The van der Waals surface area contributed by atoms with Crippen LogP contribution in [0.4, 0.5) is 4.79 Å². The van der Waals surface area contributed by atoms with Crippen LogP contribution < -0.4 is 5.32 Å². The summed E-state index contributed by atoms with van der Waals surface area (Å²) >= 11 is 0. The van der Waals surface area contributed by atoms with E-state index >= 15 is 0 Å². The fraction of sp³-hybridized carbons (Fsp3) is 0.333. The lowest BCUT2D eigenvalue weighted by Gasteiger charge is -2.15. The zero-order valence-electron chi connectivity index (χ0n) is 9.71. The lowest BCUT2D eigenvalue weighted by atomic mass is 10.1. The van der Waals surface area contributed by atoms with Crippen LogP contribution >= 0.6 is 0 Å². The van der Waals surface area contributed by atoms with E-state index < -0.39 is 24.2 Å². The van der Waals surface area contributed by atoms with Gasteiger partial charge in [0.05, 0.1) is 0 Å². The van der Waals surface area contributed by atoms with Crippen molar-refractivity contribution in [1.82, 2.24) is 5.32 Å². The maximum absolute atomic E-state index is 11.3. The van der Waals surface area contributed by atoms with Crippen LogP contribution in [-0.4, -0.2) is 23.2 Å². The highest BCUT2D eigenvalue weighted by molar-refractivity contribution is 5.79. The predicted octanol–water partition coefficient (Wildman–Crippen LogP) is 1.95. The molecule has 17 heavy (non-hydrogen) atoms. The summed E-state index contributed by atoms with van der Waals surface area (Å²) in [7, 11) is 0. The molecular weight excluding hydrogens is 222 g/mol. The Hall–Kier alpha value is -2.04. The van der Waals surface area contributed by atoms with E-state index in [0.29, 0.717) is 0 Å². The molecule has 0 saturated carbocycles. The third-order valence-corrected chi connectivity index (χ3v) is 2.26. The zero-order valence-corrected chi connectivity index (χ0v) is 9.71. The number of carbonyl (C=O) groups excluding carboxylic acids is 1. The van der Waals surface area contributed by atoms with Crippen LogP contribution in [0.15, 0.2) is 30.3 Å². The number of alkyl carbamates (subject to hydrolysis) is 1. The van der Waals surface area contributed by atoms with Crippen molar-refractivity contribution in [1.29, 1.82) is 0 Å². The second kappa shape index (κ2) is 5.89. The molecule has 2 N–H and O–H groups in total. The molecule has 1 aromatic rings. The maximum atomic E-state index is 11.3. The number of hydrogen-bond acceptors (Lipinski definition) is 3. The smallest absolute Gasteiger partial charge is 0.408 e. The van der Waals surface area contributed by atoms with Crippen molar-refractivity contribution in [3.05, 3.63) is 35.9 Å². The summed E-state index contributed by atoms with van der Waals surface area (Å²) in [4.78, 5) is 21.9. The number of carboxylic acids is 1. The molecule has 0 aliphatic carbocycles. The first kappa shape index (κ1) is 13.0. The van der Waals surface area contributed by atoms with Gasteiger partial charge in [0.15, 0.2) is 0 Å². The number of rotatable bonds is 4. The van der Waals surface area contributed by atoms with Crippen molar-refractivity contribution in [2.24, 2.45) is 0 Å². The molecule has 0 spiro atoms. The van der Waals surface area contributed by atoms with Crippen LogP contribution in [-0.2, 0) is 9.53 Å². The zero-order chi connectivity index (χ0) is 12.8. The average Bonchev–Trinajstić information content (AvgIpc) is 2.29. The monoisotopic (exact) mass is 237 g/mol. The molecule has 1 amide bonds. The van der Waals surface area contributed by atoms with E-state index in [1.165, 1.54) is 6.92 Å². The quantitative estimate of drug-likeness (QED) is 0.839. The Kier molecular flexibility index (Phi) is 4.51. The minimum atomic E-state index is -1.10. The molecule has 0 aliphatic rings. The lowest BCUT2D eigenvalue weighted by Crippen LogP contribution is -2.38. The van der Waals surface area contributed by atoms with Gasteiger partial charge in [-0.15, -0.1) is 0 Å². The third kappa shape index (κ3) is 4.14. The Morgan fingerprint density at radius 3 is 2.35 bits per heavy atom. The average molecular weight is 237 g/mol. The van der Waals surface area contributed by atoms with Gasteiger partial charge in [0.2, 0.25) is 0 Å². The maximum Gasteiger partial charge on any atom is 0.408 e. The largest absolute Gasteiger partial charge is 0.480 e. The predicted molar refractivity (Wildman–Crippen MR) is 61.6 cm³/mol. The topological polar surface area (TPSA) is 75.6 Å². The Bertz CT molecular complexity index is 391. The van der Waals surface area contributed by atoms with Crippen LogP contribution in [0, 0.1) is 0 Å². The molecule has 5 heteroatoms.